The van der Waals surface area contributed by atoms with Gasteiger partial charge in [0.15, 0.2) is 11.6 Å². The molecule has 94 valence electrons. The Morgan fingerprint density at radius 3 is 2.71 bits per heavy atom. The van der Waals surface area contributed by atoms with E-state index >= 15 is 0 Å². The third-order valence-electron chi connectivity index (χ3n) is 2.98. The fraction of sp³-hybridized carbons (Fsp3) is 0.538. The average molecular weight is 257 g/mol. The predicted octanol–water partition coefficient (Wildman–Crippen LogP) is 3.45. The topological polar surface area (TPSA) is 12.0 Å². The zero-order valence-corrected chi connectivity index (χ0v) is 10.7. The van der Waals surface area contributed by atoms with Crippen molar-refractivity contribution in [3.63, 3.8) is 0 Å². The normalized spacial score (nSPS) is 17.1. The van der Waals surface area contributed by atoms with Crippen LogP contribution in [0.5, 0.6) is 0 Å². The molecule has 1 nitrogen and oxygen atoms in total. The van der Waals surface area contributed by atoms with Crippen molar-refractivity contribution >= 4 is 11.8 Å². The van der Waals surface area contributed by atoms with Crippen molar-refractivity contribution in [1.82, 2.24) is 5.32 Å². The van der Waals surface area contributed by atoms with Gasteiger partial charge >= 0.3 is 0 Å². The van der Waals surface area contributed by atoms with Crippen molar-refractivity contribution < 1.29 is 8.78 Å². The second-order valence-electron chi connectivity index (χ2n) is 4.39. The summed E-state index contributed by atoms with van der Waals surface area (Å²) < 4.78 is 25.8. The molecule has 0 heterocycles. The number of halogens is 2. The van der Waals surface area contributed by atoms with Crippen molar-refractivity contribution in [1.29, 1.82) is 0 Å². The van der Waals surface area contributed by atoms with Crippen LogP contribution in [0.25, 0.3) is 0 Å². The van der Waals surface area contributed by atoms with Crippen molar-refractivity contribution in [3.05, 3.63) is 29.8 Å². The van der Waals surface area contributed by atoms with Gasteiger partial charge in [-0.05, 0) is 43.5 Å². The molecule has 0 bridgehead atoms. The lowest BCUT2D eigenvalue weighted by Gasteiger charge is -2.16. The van der Waals surface area contributed by atoms with Crippen molar-refractivity contribution in [2.24, 2.45) is 5.92 Å². The molecule has 0 spiro atoms. The van der Waals surface area contributed by atoms with Crippen molar-refractivity contribution in [2.45, 2.75) is 30.7 Å². The van der Waals surface area contributed by atoms with E-state index in [-0.39, 0.29) is 0 Å². The second-order valence-corrected chi connectivity index (χ2v) is 5.48. The Morgan fingerprint density at radius 1 is 1.35 bits per heavy atom. The standard InChI is InChI=1S/C13H17F2NS/c1-2-16-13(9-3-4-9)8-17-10-5-6-11(14)12(15)7-10/h5-7,9,13,16H,2-4,8H2,1H3. The average Bonchev–Trinajstić information content (AvgIpc) is 3.13. The molecule has 2 rings (SSSR count). The molecule has 0 aliphatic heterocycles. The zero-order valence-electron chi connectivity index (χ0n) is 9.88. The van der Waals surface area contributed by atoms with Gasteiger partial charge in [-0.2, -0.15) is 0 Å². The van der Waals surface area contributed by atoms with Gasteiger partial charge in [0.05, 0.1) is 0 Å². The van der Waals surface area contributed by atoms with Crippen LogP contribution in [-0.4, -0.2) is 18.3 Å². The lowest BCUT2D eigenvalue weighted by Crippen LogP contribution is -2.33. The summed E-state index contributed by atoms with van der Waals surface area (Å²) in [6, 6.07) is 4.60. The van der Waals surface area contributed by atoms with Crippen LogP contribution in [0.15, 0.2) is 23.1 Å². The summed E-state index contributed by atoms with van der Waals surface area (Å²) >= 11 is 1.59. The van der Waals surface area contributed by atoms with E-state index in [0.717, 1.165) is 23.1 Å². The minimum Gasteiger partial charge on any atom is -0.313 e. The van der Waals surface area contributed by atoms with Crippen LogP contribution in [0.2, 0.25) is 0 Å². The van der Waals surface area contributed by atoms with Crippen LogP contribution in [-0.2, 0) is 0 Å². The van der Waals surface area contributed by atoms with Crippen LogP contribution < -0.4 is 5.32 Å². The Hall–Kier alpha value is -0.610. The first kappa shape index (κ1) is 12.8. The minimum atomic E-state index is -0.778. The van der Waals surface area contributed by atoms with E-state index in [4.69, 9.17) is 0 Å². The quantitative estimate of drug-likeness (QED) is 0.783. The molecule has 1 aliphatic carbocycles. The molecule has 0 radical (unpaired) electrons. The van der Waals surface area contributed by atoms with Gasteiger partial charge in [-0.1, -0.05) is 6.92 Å². The minimum absolute atomic E-state index is 0.498. The SMILES string of the molecule is CCNC(CSc1ccc(F)c(F)c1)C1CC1. The number of hydrogen-bond donors (Lipinski definition) is 1. The highest BCUT2D eigenvalue weighted by molar-refractivity contribution is 7.99. The summed E-state index contributed by atoms with van der Waals surface area (Å²) in [7, 11) is 0. The van der Waals surface area contributed by atoms with Gasteiger partial charge < -0.3 is 5.32 Å². The molecule has 1 N–H and O–H groups in total. The maximum Gasteiger partial charge on any atom is 0.159 e. The molecule has 1 unspecified atom stereocenters. The molecular formula is C13H17F2NS. The van der Waals surface area contributed by atoms with Crippen LogP contribution in [0.4, 0.5) is 8.78 Å². The zero-order chi connectivity index (χ0) is 12.3. The first-order valence-corrected chi connectivity index (χ1v) is 7.00. The number of rotatable bonds is 6. The summed E-state index contributed by atoms with van der Waals surface area (Å²) in [4.78, 5) is 0.799. The van der Waals surface area contributed by atoms with E-state index < -0.39 is 11.6 Å². The van der Waals surface area contributed by atoms with Crippen molar-refractivity contribution in [3.8, 4) is 0 Å². The molecule has 1 fully saturated rings. The lowest BCUT2D eigenvalue weighted by atomic mass is 10.2. The van der Waals surface area contributed by atoms with E-state index in [1.807, 2.05) is 0 Å². The predicted molar refractivity (Wildman–Crippen MR) is 67.3 cm³/mol. The van der Waals surface area contributed by atoms with Gasteiger partial charge in [-0.3, -0.25) is 0 Å². The van der Waals surface area contributed by atoms with E-state index in [2.05, 4.69) is 12.2 Å². The monoisotopic (exact) mass is 257 g/mol. The van der Waals surface area contributed by atoms with Gasteiger partial charge in [-0.25, -0.2) is 8.78 Å². The fourth-order valence-corrected chi connectivity index (χ4v) is 2.99. The third kappa shape index (κ3) is 3.68. The molecule has 1 aromatic rings. The van der Waals surface area contributed by atoms with Gasteiger partial charge in [0.2, 0.25) is 0 Å². The Morgan fingerprint density at radius 2 is 2.12 bits per heavy atom. The molecule has 0 amide bonds. The summed E-state index contributed by atoms with van der Waals surface area (Å²) in [6.45, 7) is 3.05. The Kier molecular flexibility index (Phi) is 4.40. The summed E-state index contributed by atoms with van der Waals surface area (Å²) in [6.07, 6.45) is 2.58. The third-order valence-corrected chi connectivity index (χ3v) is 4.09. The van der Waals surface area contributed by atoms with Crippen LogP contribution in [0.3, 0.4) is 0 Å². The van der Waals surface area contributed by atoms with Crippen LogP contribution in [0, 0.1) is 17.6 Å². The molecule has 0 saturated heterocycles. The van der Waals surface area contributed by atoms with E-state index in [9.17, 15) is 8.78 Å². The maximum absolute atomic E-state index is 13.0. The molecular weight excluding hydrogens is 240 g/mol. The van der Waals surface area contributed by atoms with Gasteiger partial charge in [-0.15, -0.1) is 11.8 Å². The number of hydrogen-bond acceptors (Lipinski definition) is 2. The highest BCUT2D eigenvalue weighted by atomic mass is 32.2. The van der Waals surface area contributed by atoms with Gasteiger partial charge in [0.25, 0.3) is 0 Å². The van der Waals surface area contributed by atoms with E-state index in [1.54, 1.807) is 17.8 Å². The van der Waals surface area contributed by atoms with Crippen LogP contribution in [0.1, 0.15) is 19.8 Å². The number of thioether (sulfide) groups is 1. The van der Waals surface area contributed by atoms with E-state index in [0.29, 0.717) is 6.04 Å². The Labute approximate surface area is 105 Å². The van der Waals surface area contributed by atoms with Crippen LogP contribution >= 0.6 is 11.8 Å². The molecule has 1 atom stereocenters. The second kappa shape index (κ2) is 5.83. The maximum atomic E-state index is 13.0. The first-order valence-electron chi connectivity index (χ1n) is 6.02. The molecule has 1 aliphatic rings. The summed E-state index contributed by atoms with van der Waals surface area (Å²) in [5.41, 5.74) is 0. The molecule has 1 saturated carbocycles. The number of benzene rings is 1. The molecule has 1 aromatic carbocycles. The lowest BCUT2D eigenvalue weighted by molar-refractivity contribution is 0.505. The van der Waals surface area contributed by atoms with Crippen molar-refractivity contribution in [2.75, 3.05) is 12.3 Å². The molecule has 4 heteroatoms. The van der Waals surface area contributed by atoms with E-state index in [1.165, 1.54) is 25.0 Å². The Balaban J connectivity index is 1.89. The highest BCUT2D eigenvalue weighted by Gasteiger charge is 2.30. The highest BCUT2D eigenvalue weighted by Crippen LogP contribution is 2.35. The smallest absolute Gasteiger partial charge is 0.159 e. The summed E-state index contributed by atoms with van der Waals surface area (Å²) in [5, 5.41) is 3.45. The largest absolute Gasteiger partial charge is 0.313 e. The molecule has 17 heavy (non-hydrogen) atoms. The summed E-state index contributed by atoms with van der Waals surface area (Å²) in [5.74, 6) is 0.151. The Bertz CT molecular complexity index is 380. The number of nitrogens with one attached hydrogen (secondary N) is 1. The first-order chi connectivity index (χ1) is 8.20. The van der Waals surface area contributed by atoms with Gasteiger partial charge in [0, 0.05) is 16.7 Å². The molecule has 0 aromatic heterocycles. The fourth-order valence-electron chi connectivity index (χ4n) is 1.88. The van der Waals surface area contributed by atoms with Gasteiger partial charge in [0.1, 0.15) is 0 Å².